The van der Waals surface area contributed by atoms with E-state index >= 15 is 0 Å². The van der Waals surface area contributed by atoms with Crippen LogP contribution >= 0.6 is 23.2 Å². The first kappa shape index (κ1) is 28.7. The highest BCUT2D eigenvalue weighted by Gasteiger charge is 2.33. The summed E-state index contributed by atoms with van der Waals surface area (Å²) in [4.78, 5) is 26.9. The zero-order valence-corrected chi connectivity index (χ0v) is 21.4. The molecule has 13 heteroatoms. The van der Waals surface area contributed by atoms with Gasteiger partial charge in [0.15, 0.2) is 0 Å². The van der Waals surface area contributed by atoms with Crippen molar-refractivity contribution in [3.63, 3.8) is 0 Å². The fourth-order valence-corrected chi connectivity index (χ4v) is 4.35. The third-order valence-corrected chi connectivity index (χ3v) is 6.88. The second-order valence-corrected chi connectivity index (χ2v) is 10.4. The molecule has 0 saturated heterocycles. The topological polar surface area (TPSA) is 86.8 Å². The maximum absolute atomic E-state index is 13.3. The third kappa shape index (κ3) is 7.74. The van der Waals surface area contributed by atoms with Gasteiger partial charge in [-0.05, 0) is 49.7 Å². The maximum atomic E-state index is 13.3. The molecule has 0 bridgehead atoms. The van der Waals surface area contributed by atoms with Gasteiger partial charge >= 0.3 is 6.18 Å². The highest BCUT2D eigenvalue weighted by Crippen LogP contribution is 2.32. The lowest BCUT2D eigenvalue weighted by Gasteiger charge is -2.31. The first-order chi connectivity index (χ1) is 16.1. The van der Waals surface area contributed by atoms with Crippen LogP contribution in [0.15, 0.2) is 42.5 Å². The second kappa shape index (κ2) is 11.5. The SMILES string of the molecule is CCNC(=O)C(C)N(Cc1ccc(Cl)c(Cl)c1)C(=O)CN(c1cccc(C(F)(F)F)c1)S(C)(=O)=O. The van der Waals surface area contributed by atoms with Crippen molar-refractivity contribution in [3.05, 3.63) is 63.6 Å². The number of benzene rings is 2. The Morgan fingerprint density at radius 2 is 1.74 bits per heavy atom. The van der Waals surface area contributed by atoms with Crippen molar-refractivity contribution in [3.8, 4) is 0 Å². The van der Waals surface area contributed by atoms with Crippen LogP contribution in [0.25, 0.3) is 0 Å². The molecular weight excluding hydrogens is 530 g/mol. The highest BCUT2D eigenvalue weighted by atomic mass is 35.5. The van der Waals surface area contributed by atoms with Crippen LogP contribution in [0.3, 0.4) is 0 Å². The van der Waals surface area contributed by atoms with Gasteiger partial charge in [-0.15, -0.1) is 0 Å². The van der Waals surface area contributed by atoms with Crippen molar-refractivity contribution in [1.29, 1.82) is 0 Å². The van der Waals surface area contributed by atoms with E-state index in [1.54, 1.807) is 13.0 Å². The number of hydrogen-bond donors (Lipinski definition) is 1. The van der Waals surface area contributed by atoms with Gasteiger partial charge in [-0.25, -0.2) is 8.42 Å². The number of nitrogens with zero attached hydrogens (tertiary/aromatic N) is 2. The molecule has 2 amide bonds. The summed E-state index contributed by atoms with van der Waals surface area (Å²) in [6.07, 6.45) is -3.94. The van der Waals surface area contributed by atoms with E-state index in [0.29, 0.717) is 15.9 Å². The van der Waals surface area contributed by atoms with Gasteiger partial charge in [0.2, 0.25) is 21.8 Å². The van der Waals surface area contributed by atoms with E-state index in [0.717, 1.165) is 29.4 Å². The number of nitrogens with one attached hydrogen (secondary N) is 1. The van der Waals surface area contributed by atoms with E-state index in [1.165, 1.54) is 19.1 Å². The molecule has 192 valence electrons. The van der Waals surface area contributed by atoms with Crippen molar-refractivity contribution in [2.45, 2.75) is 32.6 Å². The molecule has 1 atom stereocenters. The van der Waals surface area contributed by atoms with Crippen LogP contribution in [0, 0.1) is 0 Å². The fourth-order valence-electron chi connectivity index (χ4n) is 3.19. The molecule has 0 aliphatic rings. The largest absolute Gasteiger partial charge is 0.416 e. The molecule has 0 spiro atoms. The maximum Gasteiger partial charge on any atom is 0.416 e. The summed E-state index contributed by atoms with van der Waals surface area (Å²) in [7, 11) is -4.17. The Kier molecular flexibility index (Phi) is 9.43. The van der Waals surface area contributed by atoms with Crippen molar-refractivity contribution in [2.24, 2.45) is 0 Å². The Balaban J connectivity index is 2.45. The third-order valence-electron chi connectivity index (χ3n) is 5.00. The van der Waals surface area contributed by atoms with Gasteiger partial charge in [0.05, 0.1) is 27.6 Å². The quantitative estimate of drug-likeness (QED) is 0.500. The summed E-state index contributed by atoms with van der Waals surface area (Å²) in [5, 5.41) is 3.08. The summed E-state index contributed by atoms with van der Waals surface area (Å²) < 4.78 is 65.0. The molecule has 0 aliphatic heterocycles. The number of alkyl halides is 3. The number of carbonyl (C=O) groups is 2. The zero-order chi connectivity index (χ0) is 26.6. The van der Waals surface area contributed by atoms with Crippen molar-refractivity contribution in [2.75, 3.05) is 23.7 Å². The molecule has 2 aromatic carbocycles. The van der Waals surface area contributed by atoms with Crippen molar-refractivity contribution in [1.82, 2.24) is 10.2 Å². The van der Waals surface area contributed by atoms with Gasteiger partial charge in [-0.1, -0.05) is 35.3 Å². The van der Waals surface area contributed by atoms with Gasteiger partial charge in [-0.2, -0.15) is 13.2 Å². The molecular formula is C22H24Cl2F3N3O4S. The Labute approximate surface area is 211 Å². The lowest BCUT2D eigenvalue weighted by molar-refractivity contribution is -0.139. The Bertz CT molecular complexity index is 1190. The van der Waals surface area contributed by atoms with Crippen LogP contribution in [0.2, 0.25) is 10.0 Å². The molecule has 0 saturated carbocycles. The average molecular weight is 554 g/mol. The molecule has 7 nitrogen and oxygen atoms in total. The Morgan fingerprint density at radius 3 is 2.29 bits per heavy atom. The summed E-state index contributed by atoms with van der Waals surface area (Å²) in [6.45, 7) is 2.47. The first-order valence-electron chi connectivity index (χ1n) is 10.3. The van der Waals surface area contributed by atoms with Gasteiger partial charge in [0.1, 0.15) is 12.6 Å². The minimum absolute atomic E-state index is 0.131. The van der Waals surface area contributed by atoms with E-state index in [2.05, 4.69) is 5.32 Å². The number of sulfonamides is 1. The van der Waals surface area contributed by atoms with Crippen LogP contribution in [0.4, 0.5) is 18.9 Å². The predicted molar refractivity (Wildman–Crippen MR) is 129 cm³/mol. The van der Waals surface area contributed by atoms with E-state index < -0.39 is 46.2 Å². The van der Waals surface area contributed by atoms with Crippen molar-refractivity contribution >= 4 is 50.7 Å². The normalized spacial score (nSPS) is 12.7. The van der Waals surface area contributed by atoms with Crippen LogP contribution in [0.1, 0.15) is 25.0 Å². The minimum atomic E-state index is -4.71. The van der Waals surface area contributed by atoms with Gasteiger partial charge in [0, 0.05) is 13.1 Å². The molecule has 0 heterocycles. The number of carbonyl (C=O) groups excluding carboxylic acids is 2. The summed E-state index contributed by atoms with van der Waals surface area (Å²) in [5.41, 5.74) is -0.899. The number of rotatable bonds is 9. The van der Waals surface area contributed by atoms with Gasteiger partial charge in [0.25, 0.3) is 0 Å². The molecule has 0 radical (unpaired) electrons. The standard InChI is InChI=1S/C22H24Cl2F3N3O4S/c1-4-28-21(32)14(2)29(12-15-8-9-18(23)19(24)10-15)20(31)13-30(35(3,33)34)17-7-5-6-16(11-17)22(25,26)27/h5-11,14H,4,12-13H2,1-3H3,(H,28,32). The molecule has 0 aromatic heterocycles. The van der Waals surface area contributed by atoms with E-state index in [-0.39, 0.29) is 28.8 Å². The fraction of sp³-hybridized carbons (Fsp3) is 0.364. The molecule has 2 aromatic rings. The number of hydrogen-bond acceptors (Lipinski definition) is 4. The van der Waals surface area contributed by atoms with Gasteiger partial charge < -0.3 is 10.2 Å². The van der Waals surface area contributed by atoms with Crippen LogP contribution in [-0.4, -0.2) is 50.5 Å². The Morgan fingerprint density at radius 1 is 1.09 bits per heavy atom. The van der Waals surface area contributed by atoms with E-state index in [4.69, 9.17) is 23.2 Å². The lowest BCUT2D eigenvalue weighted by atomic mass is 10.1. The lowest BCUT2D eigenvalue weighted by Crippen LogP contribution is -2.51. The summed E-state index contributed by atoms with van der Waals surface area (Å²) in [5.74, 6) is -1.30. The average Bonchev–Trinajstić information content (AvgIpc) is 2.76. The first-order valence-corrected chi connectivity index (χ1v) is 12.9. The number of likely N-dealkylation sites (N-methyl/N-ethyl adjacent to an activating group) is 1. The van der Waals surface area contributed by atoms with E-state index in [9.17, 15) is 31.2 Å². The highest BCUT2D eigenvalue weighted by molar-refractivity contribution is 7.92. The molecule has 0 fully saturated rings. The van der Waals surface area contributed by atoms with Crippen LogP contribution in [0.5, 0.6) is 0 Å². The van der Waals surface area contributed by atoms with E-state index in [1.807, 2.05) is 0 Å². The van der Waals surface area contributed by atoms with Crippen LogP contribution < -0.4 is 9.62 Å². The molecule has 0 aliphatic carbocycles. The molecule has 2 rings (SSSR count). The zero-order valence-electron chi connectivity index (χ0n) is 19.1. The molecule has 1 N–H and O–H groups in total. The summed E-state index contributed by atoms with van der Waals surface area (Å²) >= 11 is 12.0. The number of amides is 2. The minimum Gasteiger partial charge on any atom is -0.355 e. The predicted octanol–water partition coefficient (Wildman–Crippen LogP) is 4.33. The molecule has 35 heavy (non-hydrogen) atoms. The monoisotopic (exact) mass is 553 g/mol. The molecule has 1 unspecified atom stereocenters. The second-order valence-electron chi connectivity index (χ2n) is 7.66. The smallest absolute Gasteiger partial charge is 0.355 e. The van der Waals surface area contributed by atoms with Gasteiger partial charge in [-0.3, -0.25) is 13.9 Å². The van der Waals surface area contributed by atoms with Crippen LogP contribution in [-0.2, 0) is 32.3 Å². The number of anilines is 1. The Hall–Kier alpha value is -2.50. The summed E-state index contributed by atoms with van der Waals surface area (Å²) in [6, 6.07) is 7.19. The van der Waals surface area contributed by atoms with Crippen molar-refractivity contribution < 1.29 is 31.2 Å². The number of halogens is 5.